The molecule has 0 aliphatic carbocycles. The molecule has 2 aromatic rings. The molecule has 1 saturated heterocycles. The summed E-state index contributed by atoms with van der Waals surface area (Å²) in [5.41, 5.74) is 1.31. The van der Waals surface area contributed by atoms with Gasteiger partial charge in [0.05, 0.1) is 16.7 Å². The van der Waals surface area contributed by atoms with Gasteiger partial charge in [0, 0.05) is 24.4 Å². The van der Waals surface area contributed by atoms with Crippen molar-refractivity contribution in [3.8, 4) is 11.5 Å². The average Bonchev–Trinajstić information content (AvgIpc) is 3.15. The molecule has 1 N–H and O–H groups in total. The second kappa shape index (κ2) is 6.22. The zero-order valence-corrected chi connectivity index (χ0v) is 13.6. The number of aliphatic hydroxyl groups excluding tert-OH is 1. The smallest absolute Gasteiger partial charge is 0.257 e. The van der Waals surface area contributed by atoms with Crippen molar-refractivity contribution in [3.63, 3.8) is 0 Å². The van der Waals surface area contributed by atoms with E-state index in [4.69, 9.17) is 4.42 Å². The number of likely N-dealkylation sites (tertiary alicyclic amines) is 1. The summed E-state index contributed by atoms with van der Waals surface area (Å²) in [4.78, 5) is 18.8. The van der Waals surface area contributed by atoms with Crippen LogP contribution in [-0.2, 0) is 0 Å². The summed E-state index contributed by atoms with van der Waals surface area (Å²) in [7, 11) is 0. The zero-order valence-electron chi connectivity index (χ0n) is 12.8. The fraction of sp³-hybridized carbons (Fsp3) is 0.500. The summed E-state index contributed by atoms with van der Waals surface area (Å²) >= 11 is 1.55. The lowest BCUT2D eigenvalue weighted by Gasteiger charge is -2.33. The van der Waals surface area contributed by atoms with Gasteiger partial charge < -0.3 is 14.4 Å². The number of carbonyl (C=O) groups is 1. The Balaban J connectivity index is 1.74. The lowest BCUT2D eigenvalue weighted by atomic mass is 9.93. The SMILES string of the molecule is Cc1nc(-c2cc(C(=O)N3CCC[C@H]([C@H](C)O)C3)co2)cs1. The second-order valence-corrected chi connectivity index (χ2v) is 6.91. The number of aliphatic hydroxyl groups is 1. The molecule has 6 heteroatoms. The van der Waals surface area contributed by atoms with Crippen molar-refractivity contribution in [2.75, 3.05) is 13.1 Å². The molecule has 1 amide bonds. The van der Waals surface area contributed by atoms with Crippen molar-refractivity contribution in [2.45, 2.75) is 32.8 Å². The van der Waals surface area contributed by atoms with E-state index >= 15 is 0 Å². The van der Waals surface area contributed by atoms with Gasteiger partial charge >= 0.3 is 0 Å². The van der Waals surface area contributed by atoms with Gasteiger partial charge in [-0.2, -0.15) is 0 Å². The Hall–Kier alpha value is -1.66. The van der Waals surface area contributed by atoms with Gasteiger partial charge in [0.1, 0.15) is 12.0 Å². The number of aryl methyl sites for hydroxylation is 1. The Kier molecular flexibility index (Phi) is 4.31. The maximum absolute atomic E-state index is 12.6. The number of rotatable bonds is 3. The minimum absolute atomic E-state index is 0.0349. The summed E-state index contributed by atoms with van der Waals surface area (Å²) in [6.07, 6.45) is 3.01. The van der Waals surface area contributed by atoms with Crippen molar-refractivity contribution in [1.82, 2.24) is 9.88 Å². The molecule has 1 aliphatic heterocycles. The van der Waals surface area contributed by atoms with Crippen LogP contribution in [-0.4, -0.2) is 40.1 Å². The van der Waals surface area contributed by atoms with Gasteiger partial charge in [-0.05, 0) is 32.8 Å². The standard InChI is InChI=1S/C16H20N2O3S/c1-10(19)12-4-3-5-18(7-12)16(20)13-6-15(21-8-13)14-9-22-11(2)17-14/h6,8-10,12,19H,3-5,7H2,1-2H3/t10-,12-/m0/s1. The third-order valence-electron chi connectivity index (χ3n) is 4.15. The predicted molar refractivity (Wildman–Crippen MR) is 84.9 cm³/mol. The predicted octanol–water partition coefficient (Wildman–Crippen LogP) is 2.94. The van der Waals surface area contributed by atoms with E-state index < -0.39 is 0 Å². The lowest BCUT2D eigenvalue weighted by Crippen LogP contribution is -2.42. The Morgan fingerprint density at radius 1 is 1.59 bits per heavy atom. The molecule has 0 aromatic carbocycles. The van der Waals surface area contributed by atoms with Gasteiger partial charge in [0.15, 0.2) is 5.76 Å². The number of amides is 1. The number of furan rings is 1. The van der Waals surface area contributed by atoms with Gasteiger partial charge in [-0.1, -0.05) is 0 Å². The normalized spacial score (nSPS) is 20.1. The van der Waals surface area contributed by atoms with E-state index in [2.05, 4.69) is 4.98 Å². The first-order valence-electron chi connectivity index (χ1n) is 7.53. The van der Waals surface area contributed by atoms with Crippen LogP contribution in [0.25, 0.3) is 11.5 Å². The van der Waals surface area contributed by atoms with Crippen LogP contribution in [0, 0.1) is 12.8 Å². The van der Waals surface area contributed by atoms with Gasteiger partial charge in [0.25, 0.3) is 5.91 Å². The van der Waals surface area contributed by atoms with Crippen LogP contribution in [0.5, 0.6) is 0 Å². The maximum atomic E-state index is 12.6. The minimum Gasteiger partial charge on any atom is -0.462 e. The maximum Gasteiger partial charge on any atom is 0.257 e. The summed E-state index contributed by atoms with van der Waals surface area (Å²) in [5.74, 6) is 0.745. The van der Waals surface area contributed by atoms with E-state index in [1.165, 1.54) is 6.26 Å². The summed E-state index contributed by atoms with van der Waals surface area (Å²) in [6.45, 7) is 5.07. The molecular formula is C16H20N2O3S. The van der Waals surface area contributed by atoms with Crippen molar-refractivity contribution in [3.05, 3.63) is 28.3 Å². The Morgan fingerprint density at radius 3 is 3.09 bits per heavy atom. The molecule has 0 bridgehead atoms. The van der Waals surface area contributed by atoms with Gasteiger partial charge in [-0.3, -0.25) is 4.79 Å². The fourth-order valence-electron chi connectivity index (χ4n) is 2.83. The quantitative estimate of drug-likeness (QED) is 0.944. The molecule has 0 radical (unpaired) electrons. The number of piperidine rings is 1. The largest absolute Gasteiger partial charge is 0.462 e. The topological polar surface area (TPSA) is 66.6 Å². The fourth-order valence-corrected chi connectivity index (χ4v) is 3.43. The molecule has 5 nitrogen and oxygen atoms in total. The molecule has 3 rings (SSSR count). The molecule has 1 fully saturated rings. The first-order chi connectivity index (χ1) is 10.5. The van der Waals surface area contributed by atoms with Gasteiger partial charge in [0.2, 0.25) is 0 Å². The van der Waals surface area contributed by atoms with Crippen molar-refractivity contribution in [2.24, 2.45) is 5.92 Å². The molecule has 2 atom stereocenters. The Bertz CT molecular complexity index is 662. The van der Waals surface area contributed by atoms with Crippen LogP contribution in [0.15, 0.2) is 22.1 Å². The molecule has 1 aliphatic rings. The van der Waals surface area contributed by atoms with Crippen molar-refractivity contribution < 1.29 is 14.3 Å². The number of hydrogen-bond donors (Lipinski definition) is 1. The Morgan fingerprint density at radius 2 is 2.41 bits per heavy atom. The van der Waals surface area contributed by atoms with Crippen LogP contribution in [0.3, 0.4) is 0 Å². The highest BCUT2D eigenvalue weighted by Gasteiger charge is 2.28. The Labute approximate surface area is 133 Å². The number of thiazole rings is 1. The second-order valence-electron chi connectivity index (χ2n) is 5.85. The molecule has 2 aromatic heterocycles. The van der Waals surface area contributed by atoms with Crippen molar-refractivity contribution in [1.29, 1.82) is 0 Å². The average molecular weight is 320 g/mol. The number of nitrogens with zero attached hydrogens (tertiary/aromatic N) is 2. The third-order valence-corrected chi connectivity index (χ3v) is 4.92. The number of carbonyl (C=O) groups excluding carboxylic acids is 1. The molecule has 0 saturated carbocycles. The monoisotopic (exact) mass is 320 g/mol. The lowest BCUT2D eigenvalue weighted by molar-refractivity contribution is 0.0465. The molecule has 3 heterocycles. The zero-order chi connectivity index (χ0) is 15.7. The number of hydrogen-bond acceptors (Lipinski definition) is 5. The highest BCUT2D eigenvalue weighted by atomic mass is 32.1. The van der Waals surface area contributed by atoms with E-state index in [0.29, 0.717) is 17.9 Å². The highest BCUT2D eigenvalue weighted by Crippen LogP contribution is 2.26. The molecule has 118 valence electrons. The van der Waals surface area contributed by atoms with E-state index in [1.807, 2.05) is 17.2 Å². The highest BCUT2D eigenvalue weighted by molar-refractivity contribution is 7.09. The molecule has 0 unspecified atom stereocenters. The molecule has 22 heavy (non-hydrogen) atoms. The molecule has 0 spiro atoms. The van der Waals surface area contributed by atoms with E-state index in [9.17, 15) is 9.90 Å². The van der Waals surface area contributed by atoms with Crippen molar-refractivity contribution >= 4 is 17.2 Å². The summed E-state index contributed by atoms with van der Waals surface area (Å²) in [6, 6.07) is 1.75. The van der Waals surface area contributed by atoms with Crippen LogP contribution in [0.4, 0.5) is 0 Å². The van der Waals surface area contributed by atoms with Crippen LogP contribution >= 0.6 is 11.3 Å². The first kappa shape index (κ1) is 15.2. The van der Waals surface area contributed by atoms with Crippen LogP contribution in [0.1, 0.15) is 35.1 Å². The number of aromatic nitrogens is 1. The van der Waals surface area contributed by atoms with Gasteiger partial charge in [-0.25, -0.2) is 4.98 Å². The summed E-state index contributed by atoms with van der Waals surface area (Å²) in [5, 5.41) is 12.6. The first-order valence-corrected chi connectivity index (χ1v) is 8.41. The summed E-state index contributed by atoms with van der Waals surface area (Å²) < 4.78 is 5.50. The van der Waals surface area contributed by atoms with Gasteiger partial charge in [-0.15, -0.1) is 11.3 Å². The van der Waals surface area contributed by atoms with Crippen LogP contribution in [0.2, 0.25) is 0 Å². The van der Waals surface area contributed by atoms with E-state index in [1.54, 1.807) is 24.3 Å². The minimum atomic E-state index is -0.381. The van der Waals surface area contributed by atoms with E-state index in [0.717, 1.165) is 30.1 Å². The molecular weight excluding hydrogens is 300 g/mol. The van der Waals surface area contributed by atoms with Crippen LogP contribution < -0.4 is 0 Å². The van der Waals surface area contributed by atoms with E-state index in [-0.39, 0.29) is 17.9 Å². The third kappa shape index (κ3) is 3.08.